The molecular formula is C20H19BrN4O2. The van der Waals surface area contributed by atoms with Crippen molar-refractivity contribution in [1.82, 2.24) is 14.5 Å². The van der Waals surface area contributed by atoms with Crippen molar-refractivity contribution in [3.63, 3.8) is 0 Å². The predicted molar refractivity (Wildman–Crippen MR) is 109 cm³/mol. The second kappa shape index (κ2) is 7.15. The topological polar surface area (TPSA) is 58.4 Å². The van der Waals surface area contributed by atoms with Crippen molar-refractivity contribution < 1.29 is 4.79 Å². The van der Waals surface area contributed by atoms with Gasteiger partial charge in [-0.3, -0.25) is 14.2 Å². The number of likely N-dealkylation sites (N-methyl/N-ethyl adjacent to an activating group) is 1. The first-order chi connectivity index (χ1) is 13.0. The third kappa shape index (κ3) is 3.47. The van der Waals surface area contributed by atoms with Crippen LogP contribution >= 0.6 is 15.9 Å². The molecule has 0 unspecified atom stereocenters. The highest BCUT2D eigenvalue weighted by Crippen LogP contribution is 2.23. The van der Waals surface area contributed by atoms with Crippen LogP contribution in [0, 0.1) is 0 Å². The summed E-state index contributed by atoms with van der Waals surface area (Å²) in [6.07, 6.45) is 1.45. The van der Waals surface area contributed by atoms with E-state index in [1.807, 2.05) is 31.3 Å². The van der Waals surface area contributed by atoms with Gasteiger partial charge in [0, 0.05) is 36.8 Å². The van der Waals surface area contributed by atoms with Crippen molar-refractivity contribution in [1.29, 1.82) is 0 Å². The summed E-state index contributed by atoms with van der Waals surface area (Å²) in [6, 6.07) is 13.5. The SMILES string of the molecule is CN1CCN(C(=O)Cn2cnc3ccc(Br)cc3c2=O)Cc2ccccc21. The van der Waals surface area contributed by atoms with Crippen LogP contribution in [0.1, 0.15) is 5.56 Å². The van der Waals surface area contributed by atoms with Crippen molar-refractivity contribution in [2.75, 3.05) is 25.0 Å². The van der Waals surface area contributed by atoms with Gasteiger partial charge in [-0.05, 0) is 29.8 Å². The first kappa shape index (κ1) is 17.7. The highest BCUT2D eigenvalue weighted by Gasteiger charge is 2.21. The molecule has 7 heteroatoms. The molecule has 4 rings (SSSR count). The summed E-state index contributed by atoms with van der Waals surface area (Å²) >= 11 is 3.38. The minimum Gasteiger partial charge on any atom is -0.373 e. The second-order valence-electron chi connectivity index (χ2n) is 6.70. The summed E-state index contributed by atoms with van der Waals surface area (Å²) in [7, 11) is 2.03. The molecule has 0 N–H and O–H groups in total. The monoisotopic (exact) mass is 426 g/mol. The summed E-state index contributed by atoms with van der Waals surface area (Å²) < 4.78 is 2.20. The second-order valence-corrected chi connectivity index (χ2v) is 7.62. The number of rotatable bonds is 2. The number of hydrogen-bond donors (Lipinski definition) is 0. The van der Waals surface area contributed by atoms with Crippen LogP contribution in [0.4, 0.5) is 5.69 Å². The van der Waals surface area contributed by atoms with Crippen LogP contribution in [-0.2, 0) is 17.9 Å². The molecule has 0 radical (unpaired) electrons. The van der Waals surface area contributed by atoms with Gasteiger partial charge in [-0.2, -0.15) is 0 Å². The molecule has 0 spiro atoms. The summed E-state index contributed by atoms with van der Waals surface area (Å²) in [5.41, 5.74) is 2.67. The molecule has 1 aliphatic heterocycles. The van der Waals surface area contributed by atoms with E-state index in [0.29, 0.717) is 24.0 Å². The fourth-order valence-corrected chi connectivity index (χ4v) is 3.76. The molecule has 0 atom stereocenters. The third-order valence-electron chi connectivity index (χ3n) is 4.91. The fraction of sp³-hybridized carbons (Fsp3) is 0.250. The van der Waals surface area contributed by atoms with Gasteiger partial charge in [0.1, 0.15) is 6.54 Å². The molecule has 0 saturated carbocycles. The molecule has 6 nitrogen and oxygen atoms in total. The third-order valence-corrected chi connectivity index (χ3v) is 5.41. The number of nitrogens with zero attached hydrogens (tertiary/aromatic N) is 4. The molecule has 0 bridgehead atoms. The normalized spacial score (nSPS) is 14.1. The Morgan fingerprint density at radius 3 is 2.85 bits per heavy atom. The first-order valence-corrected chi connectivity index (χ1v) is 9.54. The average Bonchev–Trinajstić information content (AvgIpc) is 2.84. The van der Waals surface area contributed by atoms with Gasteiger partial charge in [0.2, 0.25) is 5.91 Å². The van der Waals surface area contributed by atoms with Gasteiger partial charge in [0.05, 0.1) is 17.2 Å². The number of carbonyl (C=O) groups is 1. The van der Waals surface area contributed by atoms with Gasteiger partial charge in [-0.25, -0.2) is 4.98 Å². The van der Waals surface area contributed by atoms with E-state index in [0.717, 1.165) is 22.3 Å². The molecule has 0 aliphatic carbocycles. The molecule has 3 aromatic rings. The van der Waals surface area contributed by atoms with E-state index in [-0.39, 0.29) is 18.0 Å². The van der Waals surface area contributed by atoms with Crippen LogP contribution in [0.25, 0.3) is 10.9 Å². The Morgan fingerprint density at radius 2 is 2.00 bits per heavy atom. The van der Waals surface area contributed by atoms with Crippen LogP contribution in [0.2, 0.25) is 0 Å². The summed E-state index contributed by atoms with van der Waals surface area (Å²) in [6.45, 7) is 1.90. The first-order valence-electron chi connectivity index (χ1n) is 8.74. The maximum atomic E-state index is 12.9. The number of fused-ring (bicyclic) bond motifs is 2. The number of halogens is 1. The Kier molecular flexibility index (Phi) is 4.70. The van der Waals surface area contributed by atoms with Crippen LogP contribution in [0.5, 0.6) is 0 Å². The number of carbonyl (C=O) groups excluding carboxylic acids is 1. The standard InChI is InChI=1S/C20H19BrN4O2/c1-23-8-9-24(11-14-4-2-3-5-18(14)23)19(26)12-25-13-22-17-7-6-15(21)10-16(17)20(25)27/h2-7,10,13H,8-9,11-12H2,1H3. The van der Waals surface area contributed by atoms with Crippen LogP contribution in [-0.4, -0.2) is 40.5 Å². The maximum absolute atomic E-state index is 12.9. The predicted octanol–water partition coefficient (Wildman–Crippen LogP) is 2.64. The van der Waals surface area contributed by atoms with E-state index in [1.165, 1.54) is 10.9 Å². The molecule has 1 aromatic heterocycles. The van der Waals surface area contributed by atoms with E-state index < -0.39 is 0 Å². The Morgan fingerprint density at radius 1 is 1.19 bits per heavy atom. The molecule has 1 amide bonds. The Hall–Kier alpha value is -2.67. The summed E-state index contributed by atoms with van der Waals surface area (Å²) in [5, 5.41) is 0.501. The Labute approximate surface area is 165 Å². The van der Waals surface area contributed by atoms with Gasteiger partial charge in [-0.1, -0.05) is 34.1 Å². The van der Waals surface area contributed by atoms with Crippen molar-refractivity contribution in [2.24, 2.45) is 0 Å². The van der Waals surface area contributed by atoms with E-state index in [1.54, 1.807) is 17.0 Å². The van der Waals surface area contributed by atoms with Gasteiger partial charge < -0.3 is 9.80 Å². The molecule has 2 aromatic carbocycles. The van der Waals surface area contributed by atoms with Crippen LogP contribution in [0.3, 0.4) is 0 Å². The van der Waals surface area contributed by atoms with Crippen molar-refractivity contribution in [2.45, 2.75) is 13.1 Å². The summed E-state index contributed by atoms with van der Waals surface area (Å²) in [5.74, 6) is -0.0849. The quantitative estimate of drug-likeness (QED) is 0.631. The fourth-order valence-electron chi connectivity index (χ4n) is 3.40. The lowest BCUT2D eigenvalue weighted by Gasteiger charge is -2.21. The Balaban J connectivity index is 1.60. The molecule has 1 aliphatic rings. The number of amides is 1. The minimum atomic E-state index is -0.206. The lowest BCUT2D eigenvalue weighted by Crippen LogP contribution is -2.38. The number of para-hydroxylation sites is 1. The highest BCUT2D eigenvalue weighted by atomic mass is 79.9. The zero-order chi connectivity index (χ0) is 19.0. The summed E-state index contributed by atoms with van der Waals surface area (Å²) in [4.78, 5) is 33.9. The molecule has 0 fully saturated rings. The zero-order valence-electron chi connectivity index (χ0n) is 14.9. The van der Waals surface area contributed by atoms with Gasteiger partial charge >= 0.3 is 0 Å². The molecule has 138 valence electrons. The lowest BCUT2D eigenvalue weighted by atomic mass is 10.1. The smallest absolute Gasteiger partial charge is 0.261 e. The van der Waals surface area contributed by atoms with Crippen molar-refractivity contribution in [3.05, 3.63) is 69.2 Å². The van der Waals surface area contributed by atoms with E-state index in [4.69, 9.17) is 0 Å². The van der Waals surface area contributed by atoms with Gasteiger partial charge in [0.15, 0.2) is 0 Å². The van der Waals surface area contributed by atoms with Crippen molar-refractivity contribution >= 4 is 38.4 Å². The largest absolute Gasteiger partial charge is 0.373 e. The van der Waals surface area contributed by atoms with E-state index in [2.05, 4.69) is 31.9 Å². The average molecular weight is 427 g/mol. The lowest BCUT2D eigenvalue weighted by molar-refractivity contribution is -0.132. The van der Waals surface area contributed by atoms with E-state index >= 15 is 0 Å². The molecule has 27 heavy (non-hydrogen) atoms. The van der Waals surface area contributed by atoms with Crippen molar-refractivity contribution in [3.8, 4) is 0 Å². The molecule has 2 heterocycles. The highest BCUT2D eigenvalue weighted by molar-refractivity contribution is 9.10. The molecular weight excluding hydrogens is 408 g/mol. The van der Waals surface area contributed by atoms with Crippen LogP contribution < -0.4 is 10.5 Å². The zero-order valence-corrected chi connectivity index (χ0v) is 16.5. The van der Waals surface area contributed by atoms with Gasteiger partial charge in [0.25, 0.3) is 5.56 Å². The van der Waals surface area contributed by atoms with Crippen LogP contribution in [0.15, 0.2) is 58.1 Å². The van der Waals surface area contributed by atoms with Gasteiger partial charge in [-0.15, -0.1) is 0 Å². The minimum absolute atomic E-state index is 0.0137. The Bertz CT molecular complexity index is 1080. The molecule has 0 saturated heterocycles. The maximum Gasteiger partial charge on any atom is 0.261 e. The number of aromatic nitrogens is 2. The number of anilines is 1. The van der Waals surface area contributed by atoms with E-state index in [9.17, 15) is 9.59 Å². The number of hydrogen-bond acceptors (Lipinski definition) is 4. The number of benzene rings is 2.